The van der Waals surface area contributed by atoms with Crippen molar-refractivity contribution in [3.63, 3.8) is 0 Å². The fourth-order valence-corrected chi connectivity index (χ4v) is 5.09. The highest BCUT2D eigenvalue weighted by atomic mass is 16.5. The molecule has 4 nitrogen and oxygen atoms in total. The summed E-state index contributed by atoms with van der Waals surface area (Å²) in [7, 11) is 0. The van der Waals surface area contributed by atoms with Crippen LogP contribution in [0.15, 0.2) is 24.3 Å². The molecule has 1 aliphatic carbocycles. The maximum atomic E-state index is 12.4. The molecule has 4 heteroatoms. The molecule has 2 heterocycles. The van der Waals surface area contributed by atoms with Gasteiger partial charge in [-0.1, -0.05) is 50.3 Å². The van der Waals surface area contributed by atoms with Gasteiger partial charge in [0.2, 0.25) is 0 Å². The molecule has 27 heavy (non-hydrogen) atoms. The summed E-state index contributed by atoms with van der Waals surface area (Å²) in [6, 6.07) is 0. The lowest BCUT2D eigenvalue weighted by atomic mass is 9.77. The molecule has 0 spiro atoms. The van der Waals surface area contributed by atoms with Crippen LogP contribution in [0.25, 0.3) is 0 Å². The monoisotopic (exact) mass is 374 g/mol. The first-order valence-corrected chi connectivity index (χ1v) is 10.9. The van der Waals surface area contributed by atoms with Gasteiger partial charge in [0.15, 0.2) is 5.78 Å². The summed E-state index contributed by atoms with van der Waals surface area (Å²) in [5.74, 6) is 0.957. The molecule has 0 aromatic rings. The van der Waals surface area contributed by atoms with Crippen molar-refractivity contribution in [2.75, 3.05) is 0 Å². The van der Waals surface area contributed by atoms with Gasteiger partial charge in [0.05, 0.1) is 12.2 Å². The summed E-state index contributed by atoms with van der Waals surface area (Å²) in [5.41, 5.74) is 0. The maximum absolute atomic E-state index is 12.4. The van der Waals surface area contributed by atoms with Gasteiger partial charge in [-0.2, -0.15) is 0 Å². The van der Waals surface area contributed by atoms with Gasteiger partial charge in [-0.05, 0) is 50.0 Å². The minimum Gasteiger partial charge on any atom is -0.481 e. The summed E-state index contributed by atoms with van der Waals surface area (Å²) in [4.78, 5) is 22.9. The van der Waals surface area contributed by atoms with Crippen molar-refractivity contribution in [3.8, 4) is 0 Å². The topological polar surface area (TPSA) is 63.6 Å². The van der Waals surface area contributed by atoms with Gasteiger partial charge in [0.25, 0.3) is 0 Å². The van der Waals surface area contributed by atoms with Crippen LogP contribution in [-0.4, -0.2) is 29.1 Å². The van der Waals surface area contributed by atoms with Gasteiger partial charge in [-0.3, -0.25) is 9.59 Å². The van der Waals surface area contributed by atoms with Gasteiger partial charge < -0.3 is 9.84 Å². The van der Waals surface area contributed by atoms with Gasteiger partial charge in [0.1, 0.15) is 0 Å². The fraction of sp³-hybridized carbons (Fsp3) is 0.739. The molecule has 2 aliphatic heterocycles. The predicted octanol–water partition coefficient (Wildman–Crippen LogP) is 5.08. The Morgan fingerprint density at radius 1 is 1.00 bits per heavy atom. The molecular formula is C23H34O4. The van der Waals surface area contributed by atoms with E-state index in [1.54, 1.807) is 0 Å². The number of allylic oxidation sites excluding steroid dienone is 3. The summed E-state index contributed by atoms with van der Waals surface area (Å²) < 4.78 is 6.12. The smallest absolute Gasteiger partial charge is 0.303 e. The van der Waals surface area contributed by atoms with Crippen LogP contribution in [-0.2, 0) is 14.3 Å². The number of ketones is 1. The fourth-order valence-electron chi connectivity index (χ4n) is 5.09. The third-order valence-electron chi connectivity index (χ3n) is 6.54. The lowest BCUT2D eigenvalue weighted by molar-refractivity contribution is -0.137. The number of rotatable bonds is 10. The summed E-state index contributed by atoms with van der Waals surface area (Å²) in [6.07, 6.45) is 20.8. The highest BCUT2D eigenvalue weighted by molar-refractivity contribution is 5.89. The normalized spacial score (nSPS) is 31.3. The van der Waals surface area contributed by atoms with Crippen LogP contribution in [0.1, 0.15) is 77.0 Å². The Morgan fingerprint density at radius 3 is 2.56 bits per heavy atom. The van der Waals surface area contributed by atoms with Crippen molar-refractivity contribution in [2.24, 2.45) is 17.8 Å². The number of hydrogen-bond donors (Lipinski definition) is 1. The number of ether oxygens (including phenoxy) is 1. The molecule has 0 aromatic heterocycles. The molecule has 4 atom stereocenters. The van der Waals surface area contributed by atoms with E-state index in [1.165, 1.54) is 32.1 Å². The number of hydrogen-bond acceptors (Lipinski definition) is 3. The van der Waals surface area contributed by atoms with Crippen molar-refractivity contribution < 1.29 is 19.4 Å². The number of aliphatic carboxylic acids is 1. The molecule has 3 rings (SSSR count). The zero-order chi connectivity index (χ0) is 19.1. The van der Waals surface area contributed by atoms with Crippen molar-refractivity contribution in [1.82, 2.24) is 0 Å². The van der Waals surface area contributed by atoms with Crippen molar-refractivity contribution in [3.05, 3.63) is 24.3 Å². The first-order chi connectivity index (χ1) is 13.1. The van der Waals surface area contributed by atoms with Gasteiger partial charge in [-0.15, -0.1) is 0 Å². The Hall–Kier alpha value is -1.42. The second kappa shape index (κ2) is 10.2. The molecule has 0 aromatic carbocycles. The SMILES string of the molecule is O=C(O)CCC/C=C\C[C@H]1[C@H](/C=C/C(=O)CC2CCCCC2)[C@@H]2CC[C@H]1O2. The highest BCUT2D eigenvalue weighted by Crippen LogP contribution is 2.45. The maximum Gasteiger partial charge on any atom is 0.303 e. The number of fused-ring (bicyclic) bond motifs is 2. The Bertz CT molecular complexity index is 559. The minimum atomic E-state index is -0.729. The standard InChI is InChI=1S/C23H34O4/c24-18(16-17-8-4-3-5-9-17)12-13-20-19(21-14-15-22(20)27-21)10-6-1-2-7-11-23(25)26/h1,6,12-13,17,19-22H,2-5,7-11,14-16H2,(H,25,26)/b6-1-,13-12+/t19-,20-,21+,22-/m0/s1. The van der Waals surface area contributed by atoms with E-state index in [4.69, 9.17) is 9.84 Å². The second-order valence-corrected chi connectivity index (χ2v) is 8.56. The Morgan fingerprint density at radius 2 is 1.78 bits per heavy atom. The third-order valence-corrected chi connectivity index (χ3v) is 6.54. The minimum absolute atomic E-state index is 0.232. The molecule has 0 unspecified atom stereocenters. The number of carboxylic acid groups (broad SMARTS) is 1. The van der Waals surface area contributed by atoms with Crippen LogP contribution >= 0.6 is 0 Å². The Balaban J connectivity index is 1.46. The lowest BCUT2D eigenvalue weighted by Crippen LogP contribution is -2.25. The van der Waals surface area contributed by atoms with E-state index < -0.39 is 5.97 Å². The van der Waals surface area contributed by atoms with Crippen LogP contribution in [0.2, 0.25) is 0 Å². The van der Waals surface area contributed by atoms with Crippen LogP contribution in [0, 0.1) is 17.8 Å². The molecule has 150 valence electrons. The van der Waals surface area contributed by atoms with E-state index >= 15 is 0 Å². The highest BCUT2D eigenvalue weighted by Gasteiger charge is 2.46. The van der Waals surface area contributed by atoms with Gasteiger partial charge in [0, 0.05) is 18.8 Å². The number of carbonyl (C=O) groups excluding carboxylic acids is 1. The molecule has 1 N–H and O–H groups in total. The van der Waals surface area contributed by atoms with Crippen molar-refractivity contribution in [2.45, 2.75) is 89.3 Å². The van der Waals surface area contributed by atoms with E-state index in [0.29, 0.717) is 36.7 Å². The van der Waals surface area contributed by atoms with E-state index in [2.05, 4.69) is 18.2 Å². The summed E-state index contributed by atoms with van der Waals surface area (Å²) in [6.45, 7) is 0. The lowest BCUT2D eigenvalue weighted by Gasteiger charge is -2.24. The van der Waals surface area contributed by atoms with E-state index in [0.717, 1.165) is 25.7 Å². The molecular weight excluding hydrogens is 340 g/mol. The first kappa shape index (κ1) is 20.3. The molecule has 2 saturated heterocycles. The molecule has 3 aliphatic rings. The Kier molecular flexibility index (Phi) is 7.69. The number of unbranched alkanes of at least 4 members (excludes halogenated alkanes) is 1. The predicted molar refractivity (Wildman–Crippen MR) is 105 cm³/mol. The summed E-state index contributed by atoms with van der Waals surface area (Å²) >= 11 is 0. The van der Waals surface area contributed by atoms with Crippen LogP contribution in [0.5, 0.6) is 0 Å². The van der Waals surface area contributed by atoms with Crippen LogP contribution in [0.4, 0.5) is 0 Å². The summed E-state index contributed by atoms with van der Waals surface area (Å²) in [5, 5.41) is 8.68. The van der Waals surface area contributed by atoms with Gasteiger partial charge >= 0.3 is 5.97 Å². The largest absolute Gasteiger partial charge is 0.481 e. The van der Waals surface area contributed by atoms with E-state index in [9.17, 15) is 9.59 Å². The number of carbonyl (C=O) groups is 2. The van der Waals surface area contributed by atoms with Crippen molar-refractivity contribution in [1.29, 1.82) is 0 Å². The number of carboxylic acids is 1. The van der Waals surface area contributed by atoms with Crippen LogP contribution in [0.3, 0.4) is 0 Å². The average Bonchev–Trinajstić information content (AvgIpc) is 3.25. The first-order valence-electron chi connectivity index (χ1n) is 10.9. The second-order valence-electron chi connectivity index (χ2n) is 8.56. The van der Waals surface area contributed by atoms with Crippen LogP contribution < -0.4 is 0 Å². The molecule has 1 saturated carbocycles. The van der Waals surface area contributed by atoms with Gasteiger partial charge in [-0.25, -0.2) is 0 Å². The third kappa shape index (κ3) is 6.03. The molecule has 3 fully saturated rings. The Labute approximate surface area is 163 Å². The average molecular weight is 375 g/mol. The van der Waals surface area contributed by atoms with E-state index in [-0.39, 0.29) is 18.3 Å². The van der Waals surface area contributed by atoms with Crippen molar-refractivity contribution >= 4 is 11.8 Å². The zero-order valence-corrected chi connectivity index (χ0v) is 16.4. The molecule has 0 amide bonds. The molecule has 2 bridgehead atoms. The van der Waals surface area contributed by atoms with E-state index in [1.807, 2.05) is 6.08 Å². The molecule has 0 radical (unpaired) electrons. The quantitative estimate of drug-likeness (QED) is 0.329. The zero-order valence-electron chi connectivity index (χ0n) is 16.4.